The molecule has 0 bridgehead atoms. The molecule has 0 aliphatic carbocycles. The van der Waals surface area contributed by atoms with Crippen LogP contribution in [-0.2, 0) is 12.3 Å². The number of hydrogen-bond acceptors (Lipinski definition) is 1. The molecule has 0 amide bonds. The summed E-state index contributed by atoms with van der Waals surface area (Å²) in [5, 5.41) is 0. The summed E-state index contributed by atoms with van der Waals surface area (Å²) >= 11 is 0. The van der Waals surface area contributed by atoms with Crippen LogP contribution in [0.4, 0.5) is 57.1 Å². The third-order valence-electron chi connectivity index (χ3n) is 6.92. The predicted octanol–water partition coefficient (Wildman–Crippen LogP) is 11.3. The zero-order valence-electron chi connectivity index (χ0n) is 23.2. The molecule has 5 aromatic carbocycles. The first-order valence-corrected chi connectivity index (χ1v) is 13.1. The quantitative estimate of drug-likeness (QED) is 0.163. The van der Waals surface area contributed by atoms with E-state index in [2.05, 4.69) is 4.74 Å². The van der Waals surface area contributed by atoms with Gasteiger partial charge in [-0.1, -0.05) is 18.2 Å². The molecule has 0 saturated carbocycles. The molecule has 0 fully saturated rings. The number of alkyl halides is 5. The molecule has 0 N–H and O–H groups in total. The number of halogens is 13. The van der Waals surface area contributed by atoms with Crippen LogP contribution in [0.15, 0.2) is 72.8 Å². The summed E-state index contributed by atoms with van der Waals surface area (Å²) in [5.41, 5.74) is -7.61. The van der Waals surface area contributed by atoms with Gasteiger partial charge < -0.3 is 4.74 Å². The van der Waals surface area contributed by atoms with Gasteiger partial charge in [-0.3, -0.25) is 0 Å². The molecule has 0 heterocycles. The molecular formula is C33H15F13O. The van der Waals surface area contributed by atoms with Crippen LogP contribution >= 0.6 is 0 Å². The van der Waals surface area contributed by atoms with Gasteiger partial charge in [0.25, 0.3) is 0 Å². The molecule has 0 unspecified atom stereocenters. The van der Waals surface area contributed by atoms with Gasteiger partial charge in [-0.25, -0.2) is 35.1 Å². The van der Waals surface area contributed by atoms with Gasteiger partial charge in [0.1, 0.15) is 57.9 Å². The average molecular weight is 674 g/mol. The van der Waals surface area contributed by atoms with E-state index < -0.39 is 98.0 Å². The van der Waals surface area contributed by atoms with Crippen molar-refractivity contribution in [2.45, 2.75) is 19.2 Å². The van der Waals surface area contributed by atoms with Crippen LogP contribution in [0, 0.1) is 53.5 Å². The minimum absolute atomic E-state index is 0.106. The summed E-state index contributed by atoms with van der Waals surface area (Å²) in [4.78, 5) is 0. The van der Waals surface area contributed by atoms with Gasteiger partial charge in [0.05, 0.1) is 16.7 Å². The van der Waals surface area contributed by atoms with Crippen LogP contribution in [0.5, 0.6) is 5.75 Å². The zero-order valence-corrected chi connectivity index (χ0v) is 23.2. The first kappa shape index (κ1) is 33.4. The SMILES string of the molecule is Cc1ccc(-c2cc(F)c(-c3cc(F)c(C(F)(F)Oc4cc(F)c(-c5ccc(C(F)(F)F)c(F)c5)c(F)c4)c(F)c3)c(F)c2)c(F)c1. The van der Waals surface area contributed by atoms with E-state index in [0.717, 1.165) is 6.07 Å². The highest BCUT2D eigenvalue weighted by molar-refractivity contribution is 5.73. The lowest BCUT2D eigenvalue weighted by Gasteiger charge is -2.21. The Morgan fingerprint density at radius 3 is 1.47 bits per heavy atom. The maximum absolute atomic E-state index is 15.0. The molecule has 0 aliphatic rings. The maximum atomic E-state index is 15.0. The minimum Gasteiger partial charge on any atom is -0.429 e. The molecule has 1 nitrogen and oxygen atoms in total. The number of rotatable bonds is 6. The van der Waals surface area contributed by atoms with Crippen molar-refractivity contribution < 1.29 is 61.8 Å². The summed E-state index contributed by atoms with van der Waals surface area (Å²) in [6.45, 7) is 1.57. The van der Waals surface area contributed by atoms with Crippen molar-refractivity contribution in [1.29, 1.82) is 0 Å². The maximum Gasteiger partial charge on any atom is 0.432 e. The Balaban J connectivity index is 1.46. The van der Waals surface area contributed by atoms with E-state index in [4.69, 9.17) is 0 Å². The van der Waals surface area contributed by atoms with Gasteiger partial charge >= 0.3 is 12.3 Å². The third kappa shape index (κ3) is 6.49. The smallest absolute Gasteiger partial charge is 0.429 e. The summed E-state index contributed by atoms with van der Waals surface area (Å²) in [7, 11) is 0. The van der Waals surface area contributed by atoms with Crippen molar-refractivity contribution in [3.05, 3.63) is 136 Å². The summed E-state index contributed by atoms with van der Waals surface area (Å²) < 4.78 is 190. The Labute approximate surface area is 256 Å². The molecule has 0 spiro atoms. The predicted molar refractivity (Wildman–Crippen MR) is 143 cm³/mol. The number of ether oxygens (including phenoxy) is 1. The van der Waals surface area contributed by atoms with Crippen molar-refractivity contribution in [2.75, 3.05) is 0 Å². The Bertz CT molecular complexity index is 1960. The van der Waals surface area contributed by atoms with Crippen LogP contribution < -0.4 is 4.74 Å². The van der Waals surface area contributed by atoms with Gasteiger partial charge in [-0.05, 0) is 71.6 Å². The van der Waals surface area contributed by atoms with Crippen LogP contribution in [0.3, 0.4) is 0 Å². The van der Waals surface area contributed by atoms with Gasteiger partial charge in [-0.2, -0.15) is 22.0 Å². The van der Waals surface area contributed by atoms with Gasteiger partial charge in [0, 0.05) is 17.7 Å². The van der Waals surface area contributed by atoms with Crippen molar-refractivity contribution in [2.24, 2.45) is 0 Å². The molecule has 0 aliphatic heterocycles. The lowest BCUT2D eigenvalue weighted by Crippen LogP contribution is -2.25. The summed E-state index contributed by atoms with van der Waals surface area (Å²) in [6, 6.07) is 6.53. The summed E-state index contributed by atoms with van der Waals surface area (Å²) in [6.07, 6.45) is -10.1. The van der Waals surface area contributed by atoms with Crippen molar-refractivity contribution in [3.63, 3.8) is 0 Å². The van der Waals surface area contributed by atoms with Crippen LogP contribution in [-0.4, -0.2) is 0 Å². The van der Waals surface area contributed by atoms with Crippen molar-refractivity contribution in [3.8, 4) is 39.1 Å². The fraction of sp³-hybridized carbons (Fsp3) is 0.0909. The second-order valence-corrected chi connectivity index (χ2v) is 10.2. The largest absolute Gasteiger partial charge is 0.432 e. The Kier molecular flexibility index (Phi) is 8.50. The normalized spacial score (nSPS) is 12.0. The zero-order chi connectivity index (χ0) is 34.6. The highest BCUT2D eigenvalue weighted by atomic mass is 19.4. The molecule has 0 aromatic heterocycles. The second-order valence-electron chi connectivity index (χ2n) is 10.2. The van der Waals surface area contributed by atoms with Crippen LogP contribution in [0.1, 0.15) is 16.7 Å². The van der Waals surface area contributed by atoms with E-state index in [1.165, 1.54) is 12.1 Å². The highest BCUT2D eigenvalue weighted by Gasteiger charge is 2.42. The summed E-state index contributed by atoms with van der Waals surface area (Å²) in [5.74, 6) is -14.5. The van der Waals surface area contributed by atoms with E-state index in [9.17, 15) is 57.1 Å². The van der Waals surface area contributed by atoms with Crippen molar-refractivity contribution >= 4 is 0 Å². The van der Waals surface area contributed by atoms with E-state index in [1.54, 1.807) is 6.92 Å². The second kappa shape index (κ2) is 12.0. The molecule has 0 radical (unpaired) electrons. The number of hydrogen-bond donors (Lipinski definition) is 0. The molecule has 47 heavy (non-hydrogen) atoms. The Hall–Kier alpha value is -5.01. The molecule has 0 atom stereocenters. The van der Waals surface area contributed by atoms with Crippen LogP contribution in [0.25, 0.3) is 33.4 Å². The molecule has 14 heteroatoms. The Morgan fingerprint density at radius 2 is 0.957 bits per heavy atom. The van der Waals surface area contributed by atoms with Gasteiger partial charge in [-0.15, -0.1) is 0 Å². The molecule has 5 rings (SSSR count). The van der Waals surface area contributed by atoms with Crippen LogP contribution in [0.2, 0.25) is 0 Å². The van der Waals surface area contributed by atoms with E-state index >= 15 is 0 Å². The van der Waals surface area contributed by atoms with E-state index in [-0.39, 0.29) is 47.5 Å². The monoisotopic (exact) mass is 674 g/mol. The fourth-order valence-electron chi connectivity index (χ4n) is 4.84. The fourth-order valence-corrected chi connectivity index (χ4v) is 4.84. The minimum atomic E-state index is -5.12. The first-order valence-electron chi connectivity index (χ1n) is 13.1. The third-order valence-corrected chi connectivity index (χ3v) is 6.92. The van der Waals surface area contributed by atoms with Gasteiger partial charge in [0.2, 0.25) is 0 Å². The number of benzene rings is 5. The topological polar surface area (TPSA) is 9.23 Å². The molecule has 0 saturated heterocycles. The number of aryl methyl sites for hydroxylation is 1. The molecule has 5 aromatic rings. The van der Waals surface area contributed by atoms with E-state index in [0.29, 0.717) is 23.8 Å². The highest BCUT2D eigenvalue weighted by Crippen LogP contribution is 2.41. The average Bonchev–Trinajstić information content (AvgIpc) is 2.90. The Morgan fingerprint density at radius 1 is 0.468 bits per heavy atom. The van der Waals surface area contributed by atoms with Crippen molar-refractivity contribution in [1.82, 2.24) is 0 Å². The molecular weight excluding hydrogens is 659 g/mol. The van der Waals surface area contributed by atoms with E-state index in [1.807, 2.05) is 0 Å². The lowest BCUT2D eigenvalue weighted by atomic mass is 9.97. The standard InChI is InChI=1S/C33H15F13O/c1-14-2-4-19(21(34)6-14)16-8-23(36)30(24(37)9-16)17-10-27(40)31(28(41)11-17)33(45,46)47-18-12-25(38)29(26(39)13-18)15-3-5-20(22(35)7-15)32(42,43)44/h2-13H,1H3. The first-order chi connectivity index (χ1) is 21.9. The van der Waals surface area contributed by atoms with Gasteiger partial charge in [0.15, 0.2) is 0 Å². The lowest BCUT2D eigenvalue weighted by molar-refractivity contribution is -0.189. The molecule has 244 valence electrons.